The molecule has 1 aliphatic carbocycles. The standard InChI is InChI=1S/C26H28N4O3/c1-26(2)11-20(31)24-21(12-26)33-25(28)17(13-27)23(24)18-14-30(19-8-4-3-7-16(18)19)15-22(32)29-9-5-6-10-29/h3-4,7-8,14,23H,5-6,9-12,15,28H2,1-2H3/t23-/m1/s1. The lowest BCUT2D eigenvalue weighted by Gasteiger charge is -2.37. The van der Waals surface area contributed by atoms with Crippen LogP contribution in [0.1, 0.15) is 51.0 Å². The van der Waals surface area contributed by atoms with Crippen molar-refractivity contribution in [3.05, 3.63) is 58.8 Å². The van der Waals surface area contributed by atoms with E-state index in [0.717, 1.165) is 42.4 Å². The normalized spacial score (nSPS) is 22.4. The maximum atomic E-state index is 13.3. The molecule has 2 N–H and O–H groups in total. The van der Waals surface area contributed by atoms with Gasteiger partial charge in [0.15, 0.2) is 5.78 Å². The summed E-state index contributed by atoms with van der Waals surface area (Å²) in [5.41, 5.74) is 8.43. The average molecular weight is 445 g/mol. The van der Waals surface area contributed by atoms with E-state index in [2.05, 4.69) is 6.07 Å². The van der Waals surface area contributed by atoms with Gasteiger partial charge < -0.3 is 19.9 Å². The predicted octanol–water partition coefficient (Wildman–Crippen LogP) is 3.71. The van der Waals surface area contributed by atoms with Gasteiger partial charge in [-0.3, -0.25) is 9.59 Å². The highest BCUT2D eigenvalue weighted by Gasteiger charge is 2.43. The quantitative estimate of drug-likeness (QED) is 0.778. The minimum atomic E-state index is -0.601. The molecule has 7 nitrogen and oxygen atoms in total. The summed E-state index contributed by atoms with van der Waals surface area (Å²) in [6.07, 6.45) is 4.95. The van der Waals surface area contributed by atoms with Crippen LogP contribution >= 0.6 is 0 Å². The van der Waals surface area contributed by atoms with Crippen LogP contribution in [0.4, 0.5) is 0 Å². The summed E-state index contributed by atoms with van der Waals surface area (Å²) in [6, 6.07) is 10.00. The van der Waals surface area contributed by atoms with Crippen LogP contribution in [0.5, 0.6) is 0 Å². The molecule has 3 heterocycles. The van der Waals surface area contributed by atoms with E-state index in [1.54, 1.807) is 0 Å². The molecule has 5 rings (SSSR count). The largest absolute Gasteiger partial charge is 0.444 e. The van der Waals surface area contributed by atoms with Crippen LogP contribution < -0.4 is 5.73 Å². The lowest BCUT2D eigenvalue weighted by molar-refractivity contribution is -0.130. The second kappa shape index (κ2) is 7.80. The number of nitrogens with two attached hydrogens (primary N) is 1. The Hall–Kier alpha value is -3.53. The third-order valence-electron chi connectivity index (χ3n) is 6.97. The smallest absolute Gasteiger partial charge is 0.242 e. The van der Waals surface area contributed by atoms with Crippen molar-refractivity contribution < 1.29 is 14.3 Å². The molecule has 2 aromatic rings. The summed E-state index contributed by atoms with van der Waals surface area (Å²) in [5.74, 6) is 0.0732. The number of para-hydroxylation sites is 1. The zero-order valence-electron chi connectivity index (χ0n) is 19.1. The Morgan fingerprint density at radius 3 is 2.70 bits per heavy atom. The fourth-order valence-corrected chi connectivity index (χ4v) is 5.44. The van der Waals surface area contributed by atoms with Crippen LogP contribution in [0.3, 0.4) is 0 Å². The number of allylic oxidation sites excluding steroid dienone is 3. The van der Waals surface area contributed by atoms with Gasteiger partial charge in [-0.15, -0.1) is 0 Å². The van der Waals surface area contributed by atoms with Crippen LogP contribution in [0.15, 0.2) is 53.3 Å². The number of Topliss-reactive ketones (excluding diaryl/α,β-unsaturated/α-hetero) is 1. The molecule has 1 aromatic carbocycles. The minimum Gasteiger partial charge on any atom is -0.444 e. The van der Waals surface area contributed by atoms with E-state index in [-0.39, 0.29) is 35.1 Å². The minimum absolute atomic E-state index is 0.0172. The Kier molecular flexibility index (Phi) is 5.04. The second-order valence-electron chi connectivity index (χ2n) is 10.0. The van der Waals surface area contributed by atoms with Crippen LogP contribution in [0, 0.1) is 16.7 Å². The van der Waals surface area contributed by atoms with Crippen molar-refractivity contribution in [2.45, 2.75) is 52.0 Å². The predicted molar refractivity (Wildman–Crippen MR) is 123 cm³/mol. The molecule has 1 fully saturated rings. The number of hydrogen-bond acceptors (Lipinski definition) is 5. The number of carbonyl (C=O) groups is 2. The van der Waals surface area contributed by atoms with Crippen molar-refractivity contribution in [2.24, 2.45) is 11.1 Å². The van der Waals surface area contributed by atoms with Crippen LogP contribution in [0.25, 0.3) is 10.9 Å². The number of ether oxygens (including phenoxy) is 1. The molecule has 0 radical (unpaired) electrons. The maximum Gasteiger partial charge on any atom is 0.242 e. The number of likely N-dealkylation sites (tertiary alicyclic amines) is 1. The van der Waals surface area contributed by atoms with Crippen molar-refractivity contribution in [2.75, 3.05) is 13.1 Å². The van der Waals surface area contributed by atoms with Crippen molar-refractivity contribution >= 4 is 22.6 Å². The Morgan fingerprint density at radius 2 is 1.97 bits per heavy atom. The molecule has 0 spiro atoms. The van der Waals surface area contributed by atoms with Gasteiger partial charge in [0.05, 0.1) is 5.92 Å². The van der Waals surface area contributed by atoms with E-state index in [1.807, 2.05) is 53.8 Å². The molecule has 33 heavy (non-hydrogen) atoms. The Labute approximate surface area is 193 Å². The van der Waals surface area contributed by atoms with Crippen molar-refractivity contribution in [1.82, 2.24) is 9.47 Å². The molecule has 3 aliphatic rings. The van der Waals surface area contributed by atoms with Gasteiger partial charge in [-0.2, -0.15) is 5.26 Å². The van der Waals surface area contributed by atoms with E-state index in [0.29, 0.717) is 24.2 Å². The molecule has 2 aliphatic heterocycles. The molecule has 170 valence electrons. The van der Waals surface area contributed by atoms with Crippen LogP contribution in [-0.4, -0.2) is 34.2 Å². The molecule has 1 amide bonds. The van der Waals surface area contributed by atoms with E-state index in [1.165, 1.54) is 0 Å². The maximum absolute atomic E-state index is 13.3. The molecule has 1 atom stereocenters. The number of rotatable bonds is 3. The number of nitriles is 1. The van der Waals surface area contributed by atoms with Gasteiger partial charge in [-0.1, -0.05) is 32.0 Å². The number of nitrogens with zero attached hydrogens (tertiary/aromatic N) is 3. The molecule has 1 aromatic heterocycles. The topological polar surface area (TPSA) is 101 Å². The third kappa shape index (κ3) is 3.60. The van der Waals surface area contributed by atoms with Gasteiger partial charge in [0.1, 0.15) is 23.9 Å². The van der Waals surface area contributed by atoms with Crippen molar-refractivity contribution in [1.29, 1.82) is 5.26 Å². The molecule has 1 saturated heterocycles. The number of benzene rings is 1. The first-order valence-corrected chi connectivity index (χ1v) is 11.5. The Bertz CT molecular complexity index is 1270. The summed E-state index contributed by atoms with van der Waals surface area (Å²) in [6.45, 7) is 5.87. The lowest BCUT2D eigenvalue weighted by Crippen LogP contribution is -2.33. The van der Waals surface area contributed by atoms with Crippen LogP contribution in [-0.2, 0) is 20.9 Å². The van der Waals surface area contributed by atoms with Crippen LogP contribution in [0.2, 0.25) is 0 Å². The SMILES string of the molecule is CC1(C)CC(=O)C2=C(C1)OC(N)=C(C#N)[C@@H]2c1cn(CC(=O)N2CCCC2)c2ccccc12. The first-order valence-electron chi connectivity index (χ1n) is 11.5. The fourth-order valence-electron chi connectivity index (χ4n) is 5.44. The van der Waals surface area contributed by atoms with E-state index >= 15 is 0 Å². The average Bonchev–Trinajstić information content (AvgIpc) is 3.41. The number of ketones is 1. The number of hydrogen-bond donors (Lipinski definition) is 1. The first-order chi connectivity index (χ1) is 15.8. The summed E-state index contributed by atoms with van der Waals surface area (Å²) in [4.78, 5) is 28.1. The second-order valence-corrected chi connectivity index (χ2v) is 10.0. The van der Waals surface area contributed by atoms with Gasteiger partial charge in [0, 0.05) is 48.6 Å². The first kappa shape index (κ1) is 21.3. The highest BCUT2D eigenvalue weighted by Crippen LogP contribution is 2.49. The molecule has 0 unspecified atom stereocenters. The number of aromatic nitrogens is 1. The third-order valence-corrected chi connectivity index (χ3v) is 6.97. The lowest BCUT2D eigenvalue weighted by atomic mass is 9.70. The van der Waals surface area contributed by atoms with Crippen molar-refractivity contribution in [3.63, 3.8) is 0 Å². The molecule has 0 bridgehead atoms. The molecular formula is C26H28N4O3. The highest BCUT2D eigenvalue weighted by molar-refractivity contribution is 6.01. The van der Waals surface area contributed by atoms with E-state index in [4.69, 9.17) is 10.5 Å². The van der Waals surface area contributed by atoms with Gasteiger partial charge >= 0.3 is 0 Å². The summed E-state index contributed by atoms with van der Waals surface area (Å²) >= 11 is 0. The highest BCUT2D eigenvalue weighted by atomic mass is 16.5. The number of carbonyl (C=O) groups excluding carboxylic acids is 2. The van der Waals surface area contributed by atoms with Crippen molar-refractivity contribution in [3.8, 4) is 6.07 Å². The van der Waals surface area contributed by atoms with Gasteiger partial charge in [0.2, 0.25) is 11.8 Å². The fraction of sp³-hybridized carbons (Fsp3) is 0.423. The number of amides is 1. The van der Waals surface area contributed by atoms with Gasteiger partial charge in [0.25, 0.3) is 0 Å². The monoisotopic (exact) mass is 444 g/mol. The summed E-state index contributed by atoms with van der Waals surface area (Å²) < 4.78 is 7.76. The van der Waals surface area contributed by atoms with Gasteiger partial charge in [-0.25, -0.2) is 0 Å². The molecule has 0 saturated carbocycles. The summed E-state index contributed by atoms with van der Waals surface area (Å²) in [5, 5.41) is 10.9. The zero-order chi connectivity index (χ0) is 23.3. The molecular weight excluding hydrogens is 416 g/mol. The molecule has 7 heteroatoms. The van der Waals surface area contributed by atoms with E-state index in [9.17, 15) is 14.9 Å². The zero-order valence-corrected chi connectivity index (χ0v) is 19.1. The van der Waals surface area contributed by atoms with E-state index < -0.39 is 5.92 Å². The van der Waals surface area contributed by atoms with Gasteiger partial charge in [-0.05, 0) is 29.9 Å². The summed E-state index contributed by atoms with van der Waals surface area (Å²) in [7, 11) is 0. The Balaban J connectivity index is 1.64. The Morgan fingerprint density at radius 1 is 1.24 bits per heavy atom. The number of fused-ring (bicyclic) bond motifs is 1.